The zero-order valence-electron chi connectivity index (χ0n) is 10.9. The first kappa shape index (κ1) is 14.8. The summed E-state index contributed by atoms with van der Waals surface area (Å²) in [5, 5.41) is 0.389. The molecule has 0 aliphatic heterocycles. The third kappa shape index (κ3) is 3.50. The van der Waals surface area contributed by atoms with Gasteiger partial charge in [-0.25, -0.2) is 13.1 Å². The number of benzene rings is 2. The second kappa shape index (κ2) is 5.83. The molecule has 0 fully saturated rings. The number of hydrogen-bond donors (Lipinski definition) is 2. The summed E-state index contributed by atoms with van der Waals surface area (Å²) in [6.45, 7) is 1.91. The highest BCUT2D eigenvalue weighted by molar-refractivity contribution is 7.89. The number of nitrogen functional groups attached to an aromatic ring is 1. The van der Waals surface area contributed by atoms with Crippen molar-refractivity contribution in [1.82, 2.24) is 4.72 Å². The van der Waals surface area contributed by atoms with Crippen molar-refractivity contribution in [1.29, 1.82) is 0 Å². The van der Waals surface area contributed by atoms with E-state index in [-0.39, 0.29) is 11.4 Å². The van der Waals surface area contributed by atoms with Crippen LogP contribution in [0.15, 0.2) is 47.4 Å². The van der Waals surface area contributed by atoms with Crippen LogP contribution in [0.3, 0.4) is 0 Å². The van der Waals surface area contributed by atoms with E-state index in [2.05, 4.69) is 4.72 Å². The van der Waals surface area contributed by atoms with Gasteiger partial charge in [-0.2, -0.15) is 0 Å². The Bertz CT molecular complexity index is 730. The summed E-state index contributed by atoms with van der Waals surface area (Å²) in [6, 6.07) is 11.9. The Morgan fingerprint density at radius 3 is 2.65 bits per heavy atom. The molecule has 0 saturated carbocycles. The Hall–Kier alpha value is -1.56. The molecule has 3 N–H and O–H groups in total. The second-order valence-electron chi connectivity index (χ2n) is 4.48. The third-order valence-electron chi connectivity index (χ3n) is 2.86. The van der Waals surface area contributed by atoms with Crippen LogP contribution in [-0.2, 0) is 16.6 Å². The number of hydrogen-bond acceptors (Lipinski definition) is 3. The van der Waals surface area contributed by atoms with Crippen LogP contribution in [0.2, 0.25) is 5.02 Å². The van der Waals surface area contributed by atoms with Crippen LogP contribution in [0.5, 0.6) is 0 Å². The smallest absolute Gasteiger partial charge is 0.241 e. The maximum Gasteiger partial charge on any atom is 0.241 e. The van der Waals surface area contributed by atoms with Crippen molar-refractivity contribution in [2.24, 2.45) is 0 Å². The van der Waals surface area contributed by atoms with E-state index >= 15 is 0 Å². The van der Waals surface area contributed by atoms with Crippen molar-refractivity contribution in [2.45, 2.75) is 18.4 Å². The van der Waals surface area contributed by atoms with Gasteiger partial charge in [-0.3, -0.25) is 0 Å². The summed E-state index contributed by atoms with van der Waals surface area (Å²) in [4.78, 5) is 0.189. The minimum Gasteiger partial charge on any atom is -0.399 e. The minimum atomic E-state index is -3.60. The lowest BCUT2D eigenvalue weighted by Gasteiger charge is -2.10. The van der Waals surface area contributed by atoms with Crippen LogP contribution in [0.1, 0.15) is 11.1 Å². The topological polar surface area (TPSA) is 72.2 Å². The number of nitrogens with two attached hydrogens (primary N) is 1. The average molecular weight is 311 g/mol. The fraction of sp³-hybridized carbons (Fsp3) is 0.143. The molecule has 2 rings (SSSR count). The lowest BCUT2D eigenvalue weighted by molar-refractivity contribution is 0.580. The van der Waals surface area contributed by atoms with Gasteiger partial charge in [-0.05, 0) is 42.3 Å². The van der Waals surface area contributed by atoms with Gasteiger partial charge in [0.05, 0.1) is 4.90 Å². The standard InChI is InChI=1S/C14H15ClN2O2S/c1-10-5-6-12(15)8-14(10)20(18,19)17-9-11-3-2-4-13(16)7-11/h2-8,17H,9,16H2,1H3. The number of nitrogens with one attached hydrogen (secondary N) is 1. The lowest BCUT2D eigenvalue weighted by Crippen LogP contribution is -2.24. The number of aryl methyl sites for hydroxylation is 1. The van der Waals surface area contributed by atoms with Crippen molar-refractivity contribution in [3.63, 3.8) is 0 Å². The van der Waals surface area contributed by atoms with Gasteiger partial charge < -0.3 is 5.73 Å². The van der Waals surface area contributed by atoms with Crippen LogP contribution < -0.4 is 10.5 Å². The fourth-order valence-electron chi connectivity index (χ4n) is 1.82. The van der Waals surface area contributed by atoms with E-state index in [1.165, 1.54) is 6.07 Å². The number of sulfonamides is 1. The molecule has 0 aliphatic rings. The van der Waals surface area contributed by atoms with Gasteiger partial charge in [-0.1, -0.05) is 29.8 Å². The first-order chi connectivity index (χ1) is 9.38. The van der Waals surface area contributed by atoms with Crippen molar-refractivity contribution in [2.75, 3.05) is 5.73 Å². The molecule has 0 unspecified atom stereocenters. The molecule has 20 heavy (non-hydrogen) atoms. The maximum absolute atomic E-state index is 12.3. The molecule has 0 spiro atoms. The van der Waals surface area contributed by atoms with E-state index in [0.29, 0.717) is 16.3 Å². The van der Waals surface area contributed by atoms with Crippen LogP contribution in [-0.4, -0.2) is 8.42 Å². The molecule has 0 saturated heterocycles. The fourth-order valence-corrected chi connectivity index (χ4v) is 3.35. The molecule has 4 nitrogen and oxygen atoms in total. The normalized spacial score (nSPS) is 11.5. The maximum atomic E-state index is 12.3. The van der Waals surface area contributed by atoms with Gasteiger partial charge in [0.25, 0.3) is 0 Å². The van der Waals surface area contributed by atoms with E-state index in [1.807, 2.05) is 6.07 Å². The Morgan fingerprint density at radius 1 is 1.20 bits per heavy atom. The van der Waals surface area contributed by atoms with Crippen molar-refractivity contribution in [3.8, 4) is 0 Å². The Labute approximate surface area is 123 Å². The summed E-state index contributed by atoms with van der Waals surface area (Å²) >= 11 is 5.85. The molecule has 0 amide bonds. The molecular formula is C14H15ClN2O2S. The van der Waals surface area contributed by atoms with E-state index in [1.54, 1.807) is 37.3 Å². The highest BCUT2D eigenvalue weighted by Gasteiger charge is 2.16. The van der Waals surface area contributed by atoms with E-state index in [0.717, 1.165) is 5.56 Å². The molecule has 0 aromatic heterocycles. The lowest BCUT2D eigenvalue weighted by atomic mass is 10.2. The number of rotatable bonds is 4. The van der Waals surface area contributed by atoms with Gasteiger partial charge in [0.2, 0.25) is 10.0 Å². The summed E-state index contributed by atoms with van der Waals surface area (Å²) in [5.74, 6) is 0. The first-order valence-corrected chi connectivity index (χ1v) is 7.85. The van der Waals surface area contributed by atoms with Crippen LogP contribution >= 0.6 is 11.6 Å². The Morgan fingerprint density at radius 2 is 1.95 bits per heavy atom. The van der Waals surface area contributed by atoms with Gasteiger partial charge in [0.1, 0.15) is 0 Å². The van der Waals surface area contributed by atoms with Crippen LogP contribution in [0, 0.1) is 6.92 Å². The quantitative estimate of drug-likeness (QED) is 0.853. The zero-order chi connectivity index (χ0) is 14.8. The molecule has 0 bridgehead atoms. The summed E-state index contributed by atoms with van der Waals surface area (Å²) < 4.78 is 27.1. The molecule has 0 radical (unpaired) electrons. The van der Waals surface area contributed by atoms with E-state index < -0.39 is 10.0 Å². The summed E-state index contributed by atoms with van der Waals surface area (Å²) in [7, 11) is -3.60. The summed E-state index contributed by atoms with van der Waals surface area (Å²) in [6.07, 6.45) is 0. The van der Waals surface area contributed by atoms with Crippen LogP contribution in [0.25, 0.3) is 0 Å². The monoisotopic (exact) mass is 310 g/mol. The van der Waals surface area contributed by atoms with Gasteiger partial charge in [0.15, 0.2) is 0 Å². The molecule has 0 atom stereocenters. The predicted octanol–water partition coefficient (Wildman–Crippen LogP) is 2.71. The van der Waals surface area contributed by atoms with Crippen molar-refractivity contribution < 1.29 is 8.42 Å². The second-order valence-corrected chi connectivity index (χ2v) is 6.65. The molecule has 0 heterocycles. The molecule has 0 aliphatic carbocycles. The highest BCUT2D eigenvalue weighted by atomic mass is 35.5. The van der Waals surface area contributed by atoms with Crippen molar-refractivity contribution >= 4 is 27.3 Å². The SMILES string of the molecule is Cc1ccc(Cl)cc1S(=O)(=O)NCc1cccc(N)c1. The van der Waals surface area contributed by atoms with Crippen molar-refractivity contribution in [3.05, 3.63) is 58.6 Å². The van der Waals surface area contributed by atoms with E-state index in [4.69, 9.17) is 17.3 Å². The summed E-state index contributed by atoms with van der Waals surface area (Å²) in [5.41, 5.74) is 7.70. The minimum absolute atomic E-state index is 0.180. The van der Waals surface area contributed by atoms with Gasteiger partial charge >= 0.3 is 0 Å². The van der Waals surface area contributed by atoms with Gasteiger partial charge in [-0.15, -0.1) is 0 Å². The molecule has 2 aromatic rings. The predicted molar refractivity (Wildman–Crippen MR) is 81.1 cm³/mol. The van der Waals surface area contributed by atoms with Gasteiger partial charge in [0, 0.05) is 17.3 Å². The first-order valence-electron chi connectivity index (χ1n) is 5.99. The number of anilines is 1. The Kier molecular flexibility index (Phi) is 4.32. The Balaban J connectivity index is 2.21. The van der Waals surface area contributed by atoms with Crippen LogP contribution in [0.4, 0.5) is 5.69 Å². The molecular weight excluding hydrogens is 296 g/mol. The molecule has 106 valence electrons. The molecule has 6 heteroatoms. The number of halogens is 1. The average Bonchev–Trinajstić information content (AvgIpc) is 2.39. The largest absolute Gasteiger partial charge is 0.399 e. The highest BCUT2D eigenvalue weighted by Crippen LogP contribution is 2.20. The van der Waals surface area contributed by atoms with E-state index in [9.17, 15) is 8.42 Å². The zero-order valence-corrected chi connectivity index (χ0v) is 12.5. The third-order valence-corrected chi connectivity index (χ3v) is 4.64. The molecule has 2 aromatic carbocycles.